The van der Waals surface area contributed by atoms with E-state index in [2.05, 4.69) is 14.8 Å². The Bertz CT molecular complexity index is 1250. The predicted molar refractivity (Wildman–Crippen MR) is 146 cm³/mol. The lowest BCUT2D eigenvalue weighted by molar-refractivity contribution is -0.138. The Morgan fingerprint density at radius 3 is 2.19 bits per heavy atom. The summed E-state index contributed by atoms with van der Waals surface area (Å²) in [4.78, 5) is 10.0. The minimum absolute atomic E-state index is 0.0322. The summed E-state index contributed by atoms with van der Waals surface area (Å²) in [5, 5.41) is 3.21. The Labute approximate surface area is 221 Å². The van der Waals surface area contributed by atoms with Crippen LogP contribution >= 0.6 is 0 Å². The lowest BCUT2D eigenvalue weighted by Gasteiger charge is -2.23. The first-order chi connectivity index (χ1) is 17.4. The first kappa shape index (κ1) is 30.7. The molecule has 204 valence electrons. The van der Waals surface area contributed by atoms with Gasteiger partial charge in [0.15, 0.2) is 0 Å². The molecule has 1 fully saturated rings. The molecule has 1 heterocycles. The molecule has 0 aliphatic carbocycles. The van der Waals surface area contributed by atoms with Gasteiger partial charge in [0.25, 0.3) is 6.47 Å². The van der Waals surface area contributed by atoms with Crippen LogP contribution in [0.5, 0.6) is 0 Å². The molecule has 10 heteroatoms. The first-order valence-electron chi connectivity index (χ1n) is 12.3. The molecule has 0 radical (unpaired) electrons. The minimum atomic E-state index is -3.63. The van der Waals surface area contributed by atoms with E-state index in [0.29, 0.717) is 18.5 Å². The van der Waals surface area contributed by atoms with E-state index >= 15 is 0 Å². The van der Waals surface area contributed by atoms with Gasteiger partial charge in [-0.1, -0.05) is 43.3 Å². The smallest absolute Gasteiger partial charge is 0.293 e. The Morgan fingerprint density at radius 1 is 1.00 bits per heavy atom. The van der Waals surface area contributed by atoms with Gasteiger partial charge >= 0.3 is 0 Å². The summed E-state index contributed by atoms with van der Waals surface area (Å²) in [5.74, 6) is -0.143. The van der Waals surface area contributed by atoms with Crippen molar-refractivity contribution in [2.45, 2.75) is 68.4 Å². The van der Waals surface area contributed by atoms with Gasteiger partial charge in [-0.05, 0) is 88.5 Å². The highest BCUT2D eigenvalue weighted by Crippen LogP contribution is 2.24. The van der Waals surface area contributed by atoms with E-state index in [4.69, 9.17) is 0 Å². The molecule has 1 saturated heterocycles. The maximum absolute atomic E-state index is 12.9. The van der Waals surface area contributed by atoms with Crippen molar-refractivity contribution in [2.24, 2.45) is 0 Å². The minimum Gasteiger partial charge on any atom is -0.462 e. The summed E-state index contributed by atoms with van der Waals surface area (Å²) in [6, 6.07) is 13.3. The maximum atomic E-state index is 12.9. The monoisotopic (exact) mass is 550 g/mol. The number of benzene rings is 2. The SMILES string of the molecule is CC(C)(C)OC=O.CCc1ccc(S(=O)(=O)c2ccccc2)cc1C=CCS(=O)(=O)NC1CCNCC1. The van der Waals surface area contributed by atoms with Crippen molar-refractivity contribution in [1.29, 1.82) is 0 Å². The van der Waals surface area contributed by atoms with E-state index in [1.165, 1.54) is 0 Å². The van der Waals surface area contributed by atoms with E-state index in [1.807, 2.05) is 27.7 Å². The fourth-order valence-electron chi connectivity index (χ4n) is 3.64. The summed E-state index contributed by atoms with van der Waals surface area (Å²) in [5.41, 5.74) is 1.36. The highest BCUT2D eigenvalue weighted by Gasteiger charge is 2.20. The van der Waals surface area contributed by atoms with Crippen LogP contribution in [0.2, 0.25) is 0 Å². The van der Waals surface area contributed by atoms with Gasteiger partial charge in [0.1, 0.15) is 5.60 Å². The molecule has 8 nitrogen and oxygen atoms in total. The van der Waals surface area contributed by atoms with Crippen LogP contribution in [0.4, 0.5) is 0 Å². The second kappa shape index (κ2) is 13.9. The van der Waals surface area contributed by atoms with Crippen molar-refractivity contribution in [3.05, 3.63) is 65.7 Å². The van der Waals surface area contributed by atoms with Gasteiger partial charge in [-0.25, -0.2) is 21.6 Å². The number of sulfone groups is 1. The molecule has 0 atom stereocenters. The number of rotatable bonds is 9. The molecule has 0 saturated carbocycles. The molecular weight excluding hydrogens is 512 g/mol. The summed E-state index contributed by atoms with van der Waals surface area (Å²) < 4.78 is 57.9. The third kappa shape index (κ3) is 10.4. The van der Waals surface area contributed by atoms with E-state index in [0.717, 1.165) is 31.5 Å². The van der Waals surface area contributed by atoms with Crippen LogP contribution in [0.1, 0.15) is 51.7 Å². The van der Waals surface area contributed by atoms with Crippen molar-refractivity contribution in [2.75, 3.05) is 18.8 Å². The van der Waals surface area contributed by atoms with Crippen LogP contribution < -0.4 is 10.0 Å². The molecule has 0 amide bonds. The lowest BCUT2D eigenvalue weighted by Crippen LogP contribution is -2.43. The van der Waals surface area contributed by atoms with Crippen LogP contribution in [-0.4, -0.2) is 53.8 Å². The summed E-state index contributed by atoms with van der Waals surface area (Å²) in [6.45, 7) is 9.52. The van der Waals surface area contributed by atoms with Crippen molar-refractivity contribution in [3.8, 4) is 0 Å². The van der Waals surface area contributed by atoms with E-state index in [1.54, 1.807) is 60.7 Å². The molecule has 2 aromatic rings. The van der Waals surface area contributed by atoms with Gasteiger partial charge < -0.3 is 10.1 Å². The van der Waals surface area contributed by atoms with Gasteiger partial charge in [-0.15, -0.1) is 0 Å². The van der Waals surface area contributed by atoms with E-state index in [9.17, 15) is 21.6 Å². The second-order valence-corrected chi connectivity index (χ2v) is 13.4. The highest BCUT2D eigenvalue weighted by atomic mass is 32.2. The Kier molecular flexibility index (Phi) is 11.5. The molecule has 3 rings (SSSR count). The molecular formula is C27H38N2O6S2. The maximum Gasteiger partial charge on any atom is 0.293 e. The molecule has 0 unspecified atom stereocenters. The van der Waals surface area contributed by atoms with E-state index in [-0.39, 0.29) is 27.2 Å². The van der Waals surface area contributed by atoms with Crippen LogP contribution in [-0.2, 0) is 35.8 Å². The third-order valence-corrected chi connectivity index (χ3v) is 8.65. The van der Waals surface area contributed by atoms with Crippen molar-refractivity contribution < 1.29 is 26.4 Å². The number of piperidine rings is 1. The first-order valence-corrected chi connectivity index (χ1v) is 15.4. The number of ether oxygens (including phenoxy) is 1. The molecule has 1 aliphatic heterocycles. The van der Waals surface area contributed by atoms with Gasteiger partial charge in [0, 0.05) is 6.04 Å². The summed E-state index contributed by atoms with van der Waals surface area (Å²) in [7, 11) is -7.06. The number of nitrogens with one attached hydrogen (secondary N) is 2. The standard InChI is InChI=1S/C22H28N2O4S2.C5H10O2/c1-2-18-10-11-22(30(27,28)21-8-4-3-5-9-21)17-19(18)7-6-16-29(25,26)24-20-12-14-23-15-13-20;1-5(2,3)7-4-6/h3-11,17,20,23-24H,2,12-16H2,1H3;4H,1-3H3. The largest absolute Gasteiger partial charge is 0.462 e. The second-order valence-electron chi connectivity index (χ2n) is 9.68. The average Bonchev–Trinajstić information content (AvgIpc) is 2.84. The van der Waals surface area contributed by atoms with Gasteiger partial charge in [0.2, 0.25) is 19.9 Å². The Balaban J connectivity index is 0.000000604. The zero-order valence-electron chi connectivity index (χ0n) is 21.9. The highest BCUT2D eigenvalue weighted by molar-refractivity contribution is 7.91. The fourth-order valence-corrected chi connectivity index (χ4v) is 6.15. The fraction of sp³-hybridized carbons (Fsp3) is 0.444. The molecule has 2 aromatic carbocycles. The molecule has 2 N–H and O–H groups in total. The quantitative estimate of drug-likeness (QED) is 0.457. The topological polar surface area (TPSA) is 119 Å². The zero-order chi connectivity index (χ0) is 27.5. The summed E-state index contributed by atoms with van der Waals surface area (Å²) in [6.07, 6.45) is 5.55. The van der Waals surface area contributed by atoms with Crippen LogP contribution in [0.25, 0.3) is 6.08 Å². The molecule has 0 aromatic heterocycles. The molecule has 37 heavy (non-hydrogen) atoms. The lowest BCUT2D eigenvalue weighted by atomic mass is 10.1. The van der Waals surface area contributed by atoms with Crippen molar-refractivity contribution in [3.63, 3.8) is 0 Å². The molecule has 1 aliphatic rings. The zero-order valence-corrected chi connectivity index (χ0v) is 23.6. The van der Waals surface area contributed by atoms with Crippen molar-refractivity contribution >= 4 is 32.4 Å². The van der Waals surface area contributed by atoms with Crippen molar-refractivity contribution in [1.82, 2.24) is 10.0 Å². The van der Waals surface area contributed by atoms with Crippen LogP contribution in [0, 0.1) is 0 Å². The van der Waals surface area contributed by atoms with Gasteiger partial charge in [-0.2, -0.15) is 0 Å². The predicted octanol–water partition coefficient (Wildman–Crippen LogP) is 3.72. The third-order valence-electron chi connectivity index (χ3n) is 5.56. The number of hydrogen-bond donors (Lipinski definition) is 2. The molecule has 0 spiro atoms. The number of hydrogen-bond acceptors (Lipinski definition) is 7. The number of sulfonamides is 1. The Hall–Kier alpha value is -2.53. The van der Waals surface area contributed by atoms with Gasteiger partial charge in [0.05, 0.1) is 15.5 Å². The van der Waals surface area contributed by atoms with Crippen LogP contribution in [0.15, 0.2) is 64.4 Å². The normalized spacial score (nSPS) is 15.1. The number of carbonyl (C=O) groups is 1. The number of aryl methyl sites for hydroxylation is 1. The average molecular weight is 551 g/mol. The molecule has 0 bridgehead atoms. The summed E-state index contributed by atoms with van der Waals surface area (Å²) >= 11 is 0. The van der Waals surface area contributed by atoms with E-state index < -0.39 is 19.9 Å². The Morgan fingerprint density at radius 2 is 1.65 bits per heavy atom. The van der Waals surface area contributed by atoms with Gasteiger partial charge in [-0.3, -0.25) is 4.79 Å². The number of carbonyl (C=O) groups excluding carboxylic acids is 1. The van der Waals surface area contributed by atoms with Crippen LogP contribution in [0.3, 0.4) is 0 Å².